The number of aromatic nitrogens is 1. The largest absolute Gasteiger partial charge is 0.480 e. The normalized spacial score (nSPS) is 25.4. The summed E-state index contributed by atoms with van der Waals surface area (Å²) in [4.78, 5) is 15.0. The van der Waals surface area contributed by atoms with Crippen molar-refractivity contribution in [2.45, 2.75) is 11.4 Å². The first-order valence-electron chi connectivity index (χ1n) is 4.39. The molecule has 1 aromatic heterocycles. The number of pyridine rings is 1. The van der Waals surface area contributed by atoms with Crippen LogP contribution in [0.1, 0.15) is 11.1 Å². The van der Waals surface area contributed by atoms with Crippen LogP contribution in [0.15, 0.2) is 22.8 Å². The summed E-state index contributed by atoms with van der Waals surface area (Å²) in [5.74, 6) is -0.223. The van der Waals surface area contributed by atoms with E-state index >= 15 is 0 Å². The van der Waals surface area contributed by atoms with Crippen LogP contribution in [0.25, 0.3) is 0 Å². The van der Waals surface area contributed by atoms with Crippen LogP contribution < -0.4 is 5.32 Å². The van der Waals surface area contributed by atoms with E-state index in [1.807, 2.05) is 12.1 Å². The highest BCUT2D eigenvalue weighted by Gasteiger charge is 2.30. The molecule has 1 saturated heterocycles. The minimum atomic E-state index is -0.804. The number of carbonyl (C=O) groups is 1. The molecule has 0 aliphatic carbocycles. The third-order valence-corrected chi connectivity index (χ3v) is 3.80. The summed E-state index contributed by atoms with van der Waals surface area (Å²) in [6.07, 6.45) is 1.71. The summed E-state index contributed by atoms with van der Waals surface area (Å²) in [7, 11) is 0. The summed E-state index contributed by atoms with van der Waals surface area (Å²) < 4.78 is 0.920. The highest BCUT2D eigenvalue weighted by Crippen LogP contribution is 2.31. The molecular formula is C9H9BrN2O2S. The molecule has 2 unspecified atom stereocenters. The Bertz CT molecular complexity index is 371. The van der Waals surface area contributed by atoms with Gasteiger partial charge in [0.15, 0.2) is 0 Å². The van der Waals surface area contributed by atoms with Gasteiger partial charge in [0.05, 0.1) is 11.1 Å². The van der Waals surface area contributed by atoms with E-state index in [0.717, 1.165) is 10.2 Å². The number of carboxylic acid groups (broad SMARTS) is 1. The number of nitrogens with zero attached hydrogens (tertiary/aromatic N) is 1. The Kier molecular flexibility index (Phi) is 3.28. The van der Waals surface area contributed by atoms with Crippen molar-refractivity contribution in [2.75, 3.05) is 5.75 Å². The van der Waals surface area contributed by atoms with Crippen molar-refractivity contribution in [3.63, 3.8) is 0 Å². The lowest BCUT2D eigenvalue weighted by Gasteiger charge is -2.09. The van der Waals surface area contributed by atoms with Crippen molar-refractivity contribution in [2.24, 2.45) is 0 Å². The SMILES string of the molecule is O=C(O)C1CSC(c2ccc(Br)cn2)N1. The van der Waals surface area contributed by atoms with Crippen LogP contribution in [0.2, 0.25) is 0 Å². The predicted molar refractivity (Wildman–Crippen MR) is 61.7 cm³/mol. The molecule has 2 rings (SSSR count). The quantitative estimate of drug-likeness (QED) is 0.866. The van der Waals surface area contributed by atoms with Gasteiger partial charge >= 0.3 is 5.97 Å². The van der Waals surface area contributed by atoms with E-state index in [4.69, 9.17) is 5.11 Å². The van der Waals surface area contributed by atoms with Crippen molar-refractivity contribution in [3.05, 3.63) is 28.5 Å². The average Bonchev–Trinajstić information content (AvgIpc) is 2.68. The van der Waals surface area contributed by atoms with E-state index in [-0.39, 0.29) is 5.37 Å². The second kappa shape index (κ2) is 4.51. The molecule has 6 heteroatoms. The first-order chi connectivity index (χ1) is 7.16. The van der Waals surface area contributed by atoms with E-state index in [0.29, 0.717) is 5.75 Å². The molecule has 0 amide bonds. The molecule has 2 atom stereocenters. The summed E-state index contributed by atoms with van der Waals surface area (Å²) in [5.41, 5.74) is 0.868. The molecule has 2 N–H and O–H groups in total. The Morgan fingerprint density at radius 3 is 3.00 bits per heavy atom. The number of aliphatic carboxylic acids is 1. The van der Waals surface area contributed by atoms with Crippen LogP contribution in [0.5, 0.6) is 0 Å². The first kappa shape index (κ1) is 10.9. The number of carboxylic acids is 1. The van der Waals surface area contributed by atoms with Crippen molar-refractivity contribution < 1.29 is 9.90 Å². The van der Waals surface area contributed by atoms with Crippen molar-refractivity contribution in [3.8, 4) is 0 Å². The number of nitrogens with one attached hydrogen (secondary N) is 1. The average molecular weight is 289 g/mol. The van der Waals surface area contributed by atoms with Crippen LogP contribution in [-0.4, -0.2) is 27.9 Å². The maximum absolute atomic E-state index is 10.7. The van der Waals surface area contributed by atoms with Gasteiger partial charge < -0.3 is 5.11 Å². The highest BCUT2D eigenvalue weighted by molar-refractivity contribution is 9.10. The highest BCUT2D eigenvalue weighted by atomic mass is 79.9. The van der Waals surface area contributed by atoms with Gasteiger partial charge in [0.2, 0.25) is 0 Å². The van der Waals surface area contributed by atoms with E-state index in [1.54, 1.807) is 18.0 Å². The molecule has 2 heterocycles. The van der Waals surface area contributed by atoms with Crippen molar-refractivity contribution in [1.82, 2.24) is 10.3 Å². The number of hydrogen-bond acceptors (Lipinski definition) is 4. The molecule has 4 nitrogen and oxygen atoms in total. The van der Waals surface area contributed by atoms with E-state index < -0.39 is 12.0 Å². The second-order valence-corrected chi connectivity index (χ2v) is 5.23. The van der Waals surface area contributed by atoms with E-state index in [2.05, 4.69) is 26.2 Å². The number of rotatable bonds is 2. The van der Waals surface area contributed by atoms with Crippen LogP contribution in [-0.2, 0) is 4.79 Å². The van der Waals surface area contributed by atoms with Gasteiger partial charge in [0.25, 0.3) is 0 Å². The molecular weight excluding hydrogens is 280 g/mol. The maximum Gasteiger partial charge on any atom is 0.321 e. The topological polar surface area (TPSA) is 62.2 Å². The smallest absolute Gasteiger partial charge is 0.321 e. The third kappa shape index (κ3) is 2.50. The van der Waals surface area contributed by atoms with Gasteiger partial charge in [-0.05, 0) is 28.1 Å². The van der Waals surface area contributed by atoms with Gasteiger partial charge in [-0.3, -0.25) is 15.1 Å². The molecule has 1 fully saturated rings. The second-order valence-electron chi connectivity index (χ2n) is 3.17. The zero-order chi connectivity index (χ0) is 10.8. The zero-order valence-corrected chi connectivity index (χ0v) is 10.1. The van der Waals surface area contributed by atoms with Crippen LogP contribution in [0, 0.1) is 0 Å². The number of halogens is 1. The number of hydrogen-bond donors (Lipinski definition) is 2. The molecule has 0 radical (unpaired) electrons. The lowest BCUT2D eigenvalue weighted by Crippen LogP contribution is -2.33. The Balaban J connectivity index is 2.07. The standard InChI is InChI=1S/C9H9BrN2O2S/c10-5-1-2-6(11-3-5)8-12-7(4-15-8)9(13)14/h1-3,7-8,12H,4H2,(H,13,14). The zero-order valence-electron chi connectivity index (χ0n) is 7.68. The van der Waals surface area contributed by atoms with E-state index in [1.165, 1.54) is 0 Å². The third-order valence-electron chi connectivity index (χ3n) is 2.10. The van der Waals surface area contributed by atoms with E-state index in [9.17, 15) is 4.79 Å². The Labute approximate surface area is 99.6 Å². The summed E-state index contributed by atoms with van der Waals surface area (Å²) in [6, 6.07) is 3.32. The molecule has 1 aliphatic heterocycles. The van der Waals surface area contributed by atoms with Crippen LogP contribution in [0.3, 0.4) is 0 Å². The molecule has 0 bridgehead atoms. The minimum Gasteiger partial charge on any atom is -0.480 e. The summed E-state index contributed by atoms with van der Waals surface area (Å²) >= 11 is 4.87. The minimum absolute atomic E-state index is 0.0146. The van der Waals surface area contributed by atoms with Gasteiger partial charge in [-0.2, -0.15) is 0 Å². The predicted octanol–water partition coefficient (Wildman–Crippen LogP) is 1.63. The molecule has 0 aromatic carbocycles. The summed E-state index contributed by atoms with van der Waals surface area (Å²) in [6.45, 7) is 0. The van der Waals surface area contributed by atoms with Crippen LogP contribution in [0.4, 0.5) is 0 Å². The van der Waals surface area contributed by atoms with Gasteiger partial charge in [0.1, 0.15) is 6.04 Å². The Hall–Kier alpha value is -0.590. The first-order valence-corrected chi connectivity index (χ1v) is 6.23. The fourth-order valence-electron chi connectivity index (χ4n) is 1.33. The maximum atomic E-state index is 10.7. The molecule has 15 heavy (non-hydrogen) atoms. The van der Waals surface area contributed by atoms with Gasteiger partial charge in [-0.15, -0.1) is 11.8 Å². The van der Waals surface area contributed by atoms with Gasteiger partial charge in [-0.25, -0.2) is 0 Å². The fourth-order valence-corrected chi connectivity index (χ4v) is 2.76. The lowest BCUT2D eigenvalue weighted by molar-refractivity contribution is -0.138. The Morgan fingerprint density at radius 1 is 1.67 bits per heavy atom. The van der Waals surface area contributed by atoms with Gasteiger partial charge in [-0.1, -0.05) is 0 Å². The molecule has 1 aliphatic rings. The Morgan fingerprint density at radius 2 is 2.47 bits per heavy atom. The lowest BCUT2D eigenvalue weighted by atomic mass is 10.3. The van der Waals surface area contributed by atoms with Gasteiger partial charge in [0, 0.05) is 16.4 Å². The molecule has 80 valence electrons. The monoisotopic (exact) mass is 288 g/mol. The summed E-state index contributed by atoms with van der Waals surface area (Å²) in [5, 5.41) is 11.8. The molecule has 0 saturated carbocycles. The number of thioether (sulfide) groups is 1. The van der Waals surface area contributed by atoms with Crippen molar-refractivity contribution in [1.29, 1.82) is 0 Å². The fraction of sp³-hybridized carbons (Fsp3) is 0.333. The van der Waals surface area contributed by atoms with Crippen LogP contribution >= 0.6 is 27.7 Å². The van der Waals surface area contributed by atoms with Crippen molar-refractivity contribution >= 4 is 33.7 Å². The molecule has 0 spiro atoms. The molecule has 1 aromatic rings.